The summed E-state index contributed by atoms with van der Waals surface area (Å²) in [6.07, 6.45) is 0. The van der Waals surface area contributed by atoms with E-state index in [1.807, 2.05) is 30.8 Å². The Morgan fingerprint density at radius 3 is 2.69 bits per heavy atom. The van der Waals surface area contributed by atoms with Crippen molar-refractivity contribution in [2.45, 2.75) is 13.5 Å². The van der Waals surface area contributed by atoms with E-state index in [2.05, 4.69) is 16.3 Å². The Bertz CT molecular complexity index is 819. The SMILES string of the molecule is Cc1c(CN2CCSCC2)cccc1NC(=O)c1cccc([N+](=O)[O-])c1. The lowest BCUT2D eigenvalue weighted by atomic mass is 10.1. The second-order valence-electron chi connectivity index (χ2n) is 6.24. The molecule has 1 N–H and O–H groups in total. The Morgan fingerprint density at radius 2 is 1.96 bits per heavy atom. The van der Waals surface area contributed by atoms with Crippen molar-refractivity contribution in [1.29, 1.82) is 0 Å². The van der Waals surface area contributed by atoms with Gasteiger partial charge in [-0.15, -0.1) is 0 Å². The summed E-state index contributed by atoms with van der Waals surface area (Å²) in [6, 6.07) is 11.6. The number of hydrogen-bond acceptors (Lipinski definition) is 5. The van der Waals surface area contributed by atoms with Gasteiger partial charge in [-0.3, -0.25) is 19.8 Å². The minimum Gasteiger partial charge on any atom is -0.322 e. The van der Waals surface area contributed by atoms with Crippen molar-refractivity contribution in [1.82, 2.24) is 4.90 Å². The Morgan fingerprint density at radius 1 is 1.23 bits per heavy atom. The molecule has 6 nitrogen and oxygen atoms in total. The summed E-state index contributed by atoms with van der Waals surface area (Å²) in [5.41, 5.74) is 3.15. The lowest BCUT2D eigenvalue weighted by Crippen LogP contribution is -2.32. The van der Waals surface area contributed by atoms with Crippen LogP contribution in [0.2, 0.25) is 0 Å². The number of nitro benzene ring substituents is 1. The second kappa shape index (κ2) is 8.33. The first-order chi connectivity index (χ1) is 12.5. The van der Waals surface area contributed by atoms with Crippen molar-refractivity contribution in [3.63, 3.8) is 0 Å². The van der Waals surface area contributed by atoms with Crippen molar-refractivity contribution in [2.75, 3.05) is 29.9 Å². The van der Waals surface area contributed by atoms with Gasteiger partial charge in [-0.2, -0.15) is 11.8 Å². The number of benzene rings is 2. The van der Waals surface area contributed by atoms with Crippen LogP contribution >= 0.6 is 11.8 Å². The van der Waals surface area contributed by atoms with Crippen LogP contribution in [0, 0.1) is 17.0 Å². The number of thioether (sulfide) groups is 1. The summed E-state index contributed by atoms with van der Waals surface area (Å²) in [5.74, 6) is 1.97. The lowest BCUT2D eigenvalue weighted by Gasteiger charge is -2.27. The molecule has 3 rings (SSSR count). The van der Waals surface area contributed by atoms with Crippen LogP contribution in [0.4, 0.5) is 11.4 Å². The molecule has 0 spiro atoms. The fourth-order valence-electron chi connectivity index (χ4n) is 2.95. The summed E-state index contributed by atoms with van der Waals surface area (Å²) in [7, 11) is 0. The minimum atomic E-state index is -0.500. The van der Waals surface area contributed by atoms with Crippen LogP contribution in [0.3, 0.4) is 0 Å². The summed E-state index contributed by atoms with van der Waals surface area (Å²) in [5, 5.41) is 13.8. The second-order valence-corrected chi connectivity index (χ2v) is 7.46. The smallest absolute Gasteiger partial charge is 0.270 e. The number of rotatable bonds is 5. The molecular weight excluding hydrogens is 350 g/mol. The monoisotopic (exact) mass is 371 g/mol. The number of nitrogens with one attached hydrogen (secondary N) is 1. The summed E-state index contributed by atoms with van der Waals surface area (Å²) >= 11 is 1.98. The minimum absolute atomic E-state index is 0.0916. The van der Waals surface area contributed by atoms with Crippen LogP contribution < -0.4 is 5.32 Å². The molecule has 0 bridgehead atoms. The molecule has 0 aromatic heterocycles. The standard InChI is InChI=1S/C19H21N3O3S/c1-14-16(13-21-8-10-26-11-9-21)5-3-7-18(14)20-19(23)15-4-2-6-17(12-15)22(24)25/h2-7,12H,8-11,13H2,1H3,(H,20,23). The van der Waals surface area contributed by atoms with Crippen LogP contribution in [-0.4, -0.2) is 40.3 Å². The number of nitrogens with zero attached hydrogens (tertiary/aromatic N) is 2. The molecule has 0 radical (unpaired) electrons. The van der Waals surface area contributed by atoms with Gasteiger partial charge in [-0.05, 0) is 30.2 Å². The number of hydrogen-bond donors (Lipinski definition) is 1. The van der Waals surface area contributed by atoms with Gasteiger partial charge >= 0.3 is 0 Å². The van der Waals surface area contributed by atoms with E-state index in [-0.39, 0.29) is 17.2 Å². The van der Waals surface area contributed by atoms with Gasteiger partial charge in [0.2, 0.25) is 0 Å². The topological polar surface area (TPSA) is 75.5 Å². The zero-order valence-electron chi connectivity index (χ0n) is 14.6. The third kappa shape index (κ3) is 4.42. The Kier molecular flexibility index (Phi) is 5.90. The van der Waals surface area contributed by atoms with Crippen molar-refractivity contribution in [2.24, 2.45) is 0 Å². The van der Waals surface area contributed by atoms with Gasteiger partial charge in [0.25, 0.3) is 11.6 Å². The predicted molar refractivity (Wildman–Crippen MR) is 105 cm³/mol. The molecule has 1 amide bonds. The molecule has 1 aliphatic heterocycles. The predicted octanol–water partition coefficient (Wildman–Crippen LogP) is 3.70. The maximum Gasteiger partial charge on any atom is 0.270 e. The van der Waals surface area contributed by atoms with Gasteiger partial charge in [0.15, 0.2) is 0 Å². The van der Waals surface area contributed by atoms with Crippen molar-refractivity contribution >= 4 is 29.0 Å². The zero-order chi connectivity index (χ0) is 18.5. The van der Waals surface area contributed by atoms with Gasteiger partial charge in [0.05, 0.1) is 4.92 Å². The third-order valence-corrected chi connectivity index (χ3v) is 5.45. The Balaban J connectivity index is 1.75. The van der Waals surface area contributed by atoms with Gasteiger partial charge < -0.3 is 5.32 Å². The van der Waals surface area contributed by atoms with Crippen molar-refractivity contribution in [3.05, 3.63) is 69.3 Å². The van der Waals surface area contributed by atoms with E-state index in [9.17, 15) is 14.9 Å². The van der Waals surface area contributed by atoms with Crippen LogP contribution in [0.1, 0.15) is 21.5 Å². The molecule has 0 atom stereocenters. The maximum absolute atomic E-state index is 12.5. The number of non-ortho nitro benzene ring substituents is 1. The number of carbonyl (C=O) groups excluding carboxylic acids is 1. The first kappa shape index (κ1) is 18.4. The molecule has 1 fully saturated rings. The van der Waals surface area contributed by atoms with Crippen LogP contribution in [0.25, 0.3) is 0 Å². The highest BCUT2D eigenvalue weighted by Gasteiger charge is 2.15. The molecule has 7 heteroatoms. The molecule has 1 heterocycles. The molecule has 26 heavy (non-hydrogen) atoms. The van der Waals surface area contributed by atoms with E-state index in [1.54, 1.807) is 6.07 Å². The van der Waals surface area contributed by atoms with Crippen LogP contribution in [-0.2, 0) is 6.54 Å². The molecule has 1 aliphatic rings. The van der Waals surface area contributed by atoms with E-state index < -0.39 is 4.92 Å². The average molecular weight is 371 g/mol. The fourth-order valence-corrected chi connectivity index (χ4v) is 3.92. The number of carbonyl (C=O) groups is 1. The van der Waals surface area contributed by atoms with E-state index in [1.165, 1.54) is 23.8 Å². The van der Waals surface area contributed by atoms with Crippen LogP contribution in [0.15, 0.2) is 42.5 Å². The van der Waals surface area contributed by atoms with E-state index >= 15 is 0 Å². The normalized spacial score (nSPS) is 14.8. The summed E-state index contributed by atoms with van der Waals surface area (Å²) in [6.45, 7) is 5.02. The van der Waals surface area contributed by atoms with E-state index in [0.29, 0.717) is 0 Å². The maximum atomic E-state index is 12.5. The Hall–Kier alpha value is -2.38. The van der Waals surface area contributed by atoms with Crippen molar-refractivity contribution in [3.8, 4) is 0 Å². The number of anilines is 1. The third-order valence-electron chi connectivity index (χ3n) is 4.51. The van der Waals surface area contributed by atoms with Crippen molar-refractivity contribution < 1.29 is 9.72 Å². The molecule has 2 aromatic carbocycles. The van der Waals surface area contributed by atoms with Gasteiger partial charge in [-0.1, -0.05) is 18.2 Å². The quantitative estimate of drug-likeness (QED) is 0.641. The molecular formula is C19H21N3O3S. The molecule has 0 unspecified atom stereocenters. The lowest BCUT2D eigenvalue weighted by molar-refractivity contribution is -0.384. The average Bonchev–Trinajstić information content (AvgIpc) is 2.66. The van der Waals surface area contributed by atoms with E-state index in [0.717, 1.165) is 42.4 Å². The van der Waals surface area contributed by atoms with E-state index in [4.69, 9.17) is 0 Å². The Labute approximate surface area is 156 Å². The molecule has 1 saturated heterocycles. The molecule has 0 saturated carbocycles. The fraction of sp³-hybridized carbons (Fsp3) is 0.316. The van der Waals surface area contributed by atoms with Crippen LogP contribution in [0.5, 0.6) is 0 Å². The highest BCUT2D eigenvalue weighted by atomic mass is 32.2. The molecule has 0 aliphatic carbocycles. The first-order valence-corrected chi connectivity index (χ1v) is 9.64. The number of amides is 1. The highest BCUT2D eigenvalue weighted by Crippen LogP contribution is 2.23. The zero-order valence-corrected chi connectivity index (χ0v) is 15.4. The summed E-state index contributed by atoms with van der Waals surface area (Å²) in [4.78, 5) is 25.3. The largest absolute Gasteiger partial charge is 0.322 e. The van der Waals surface area contributed by atoms with Gasteiger partial charge in [0, 0.05) is 54.5 Å². The first-order valence-electron chi connectivity index (χ1n) is 8.49. The molecule has 2 aromatic rings. The summed E-state index contributed by atoms with van der Waals surface area (Å²) < 4.78 is 0. The highest BCUT2D eigenvalue weighted by molar-refractivity contribution is 7.99. The van der Waals surface area contributed by atoms with Gasteiger partial charge in [0.1, 0.15) is 0 Å². The number of nitro groups is 1. The van der Waals surface area contributed by atoms with Gasteiger partial charge in [-0.25, -0.2) is 0 Å². The molecule has 136 valence electrons.